The van der Waals surface area contributed by atoms with Gasteiger partial charge in [-0.2, -0.15) is 11.8 Å². The van der Waals surface area contributed by atoms with E-state index in [1.807, 2.05) is 11.8 Å². The van der Waals surface area contributed by atoms with Gasteiger partial charge >= 0.3 is 6.03 Å². The van der Waals surface area contributed by atoms with Crippen molar-refractivity contribution >= 4 is 35.3 Å². The highest BCUT2D eigenvalue weighted by atomic mass is 35.5. The average Bonchev–Trinajstić information content (AvgIpc) is 2.65. The number of amides is 3. The Hall–Kier alpha value is -0.420. The van der Waals surface area contributed by atoms with E-state index in [1.54, 1.807) is 0 Å². The molecule has 0 aromatic carbocycles. The Morgan fingerprint density at radius 3 is 2.81 bits per heavy atom. The Balaban J connectivity index is 2.23. The Morgan fingerprint density at radius 1 is 1.44 bits per heavy atom. The lowest BCUT2D eigenvalue weighted by Crippen LogP contribution is -2.44. The van der Waals surface area contributed by atoms with Gasteiger partial charge in [-0.15, -0.1) is 11.6 Å². The first kappa shape index (κ1) is 13.6. The van der Waals surface area contributed by atoms with Crippen LogP contribution in [0.3, 0.4) is 0 Å². The third kappa shape index (κ3) is 4.61. The zero-order chi connectivity index (χ0) is 12.0. The smallest absolute Gasteiger partial charge is 0.321 e. The van der Waals surface area contributed by atoms with Crippen molar-refractivity contribution in [2.75, 3.05) is 11.6 Å². The third-order valence-electron chi connectivity index (χ3n) is 2.50. The van der Waals surface area contributed by atoms with Crippen LogP contribution in [-0.2, 0) is 4.79 Å². The van der Waals surface area contributed by atoms with E-state index in [2.05, 4.69) is 17.6 Å². The Kier molecular flexibility index (Phi) is 5.98. The van der Waals surface area contributed by atoms with Crippen LogP contribution in [0.1, 0.15) is 26.2 Å². The molecule has 0 aromatic heterocycles. The second-order valence-corrected chi connectivity index (χ2v) is 5.59. The van der Waals surface area contributed by atoms with Crippen molar-refractivity contribution < 1.29 is 9.59 Å². The number of halogens is 1. The average molecular weight is 265 g/mol. The van der Waals surface area contributed by atoms with Crippen LogP contribution in [0.5, 0.6) is 0 Å². The van der Waals surface area contributed by atoms with Gasteiger partial charge in [-0.25, -0.2) is 4.79 Å². The number of thioether (sulfide) groups is 1. The molecular formula is C10H17ClN2O2S. The van der Waals surface area contributed by atoms with Crippen LogP contribution in [0, 0.1) is 0 Å². The molecule has 1 saturated carbocycles. The molecule has 1 fully saturated rings. The Bertz CT molecular complexity index is 263. The predicted molar refractivity (Wildman–Crippen MR) is 67.0 cm³/mol. The highest BCUT2D eigenvalue weighted by Gasteiger charge is 2.25. The molecule has 0 heterocycles. The van der Waals surface area contributed by atoms with Gasteiger partial charge in [-0.05, 0) is 25.0 Å². The fraction of sp³-hybridized carbons (Fsp3) is 0.800. The molecule has 0 bridgehead atoms. The lowest BCUT2D eigenvalue weighted by Gasteiger charge is -2.12. The van der Waals surface area contributed by atoms with Crippen molar-refractivity contribution in [1.29, 1.82) is 0 Å². The number of imide groups is 1. The first-order valence-corrected chi connectivity index (χ1v) is 7.02. The first-order chi connectivity index (χ1) is 7.65. The molecule has 0 aliphatic heterocycles. The summed E-state index contributed by atoms with van der Waals surface area (Å²) in [6, 6.07) is -0.245. The van der Waals surface area contributed by atoms with E-state index in [0.29, 0.717) is 5.25 Å². The summed E-state index contributed by atoms with van der Waals surface area (Å²) in [6.45, 7) is 2.14. The van der Waals surface area contributed by atoms with E-state index in [4.69, 9.17) is 11.6 Å². The first-order valence-electron chi connectivity index (χ1n) is 5.43. The van der Waals surface area contributed by atoms with Crippen molar-refractivity contribution in [2.24, 2.45) is 0 Å². The minimum absolute atomic E-state index is 0.187. The van der Waals surface area contributed by atoms with Crippen LogP contribution >= 0.6 is 23.4 Å². The molecule has 0 aromatic rings. The molecule has 1 aliphatic carbocycles. The number of hydrogen-bond donors (Lipinski definition) is 2. The number of nitrogens with one attached hydrogen (secondary N) is 2. The summed E-state index contributed by atoms with van der Waals surface area (Å²) < 4.78 is 0. The number of urea groups is 1. The second-order valence-electron chi connectivity index (χ2n) is 3.74. The number of carbonyl (C=O) groups excluding carboxylic acids is 2. The summed E-state index contributed by atoms with van der Waals surface area (Å²) >= 11 is 7.21. The molecule has 0 saturated heterocycles. The molecule has 92 valence electrons. The quantitative estimate of drug-likeness (QED) is 0.761. The van der Waals surface area contributed by atoms with Crippen LogP contribution in [-0.4, -0.2) is 34.9 Å². The predicted octanol–water partition coefficient (Wildman–Crippen LogP) is 1.73. The summed E-state index contributed by atoms with van der Waals surface area (Å²) in [6.07, 6.45) is 3.11. The van der Waals surface area contributed by atoms with Crippen molar-refractivity contribution in [3.63, 3.8) is 0 Å². The number of hydrogen-bond acceptors (Lipinski definition) is 3. The van der Waals surface area contributed by atoms with Crippen LogP contribution in [0.25, 0.3) is 0 Å². The standard InChI is InChI=1S/C10H17ClN2O2S/c1-2-16-8-4-3-7(5-8)12-10(15)13-9(14)6-11/h7-8H,2-6H2,1H3,(H2,12,13,14,15). The second kappa shape index (κ2) is 7.01. The van der Waals surface area contributed by atoms with Gasteiger partial charge in [0.15, 0.2) is 0 Å². The van der Waals surface area contributed by atoms with Crippen LogP contribution in [0.15, 0.2) is 0 Å². The minimum Gasteiger partial charge on any atom is -0.335 e. The lowest BCUT2D eigenvalue weighted by atomic mass is 10.2. The molecule has 2 N–H and O–H groups in total. The van der Waals surface area contributed by atoms with E-state index >= 15 is 0 Å². The van der Waals surface area contributed by atoms with E-state index in [-0.39, 0.29) is 11.9 Å². The third-order valence-corrected chi connectivity index (χ3v) is 3.97. The lowest BCUT2D eigenvalue weighted by molar-refractivity contribution is -0.117. The van der Waals surface area contributed by atoms with Gasteiger partial charge in [0.2, 0.25) is 5.91 Å². The summed E-state index contributed by atoms with van der Waals surface area (Å²) in [5, 5.41) is 5.60. The molecule has 0 spiro atoms. The summed E-state index contributed by atoms with van der Waals surface area (Å²) in [5.74, 6) is 0.456. The van der Waals surface area contributed by atoms with Gasteiger partial charge in [-0.1, -0.05) is 6.92 Å². The van der Waals surface area contributed by atoms with Gasteiger partial charge in [0, 0.05) is 11.3 Å². The van der Waals surface area contributed by atoms with E-state index < -0.39 is 11.9 Å². The summed E-state index contributed by atoms with van der Waals surface area (Å²) in [7, 11) is 0. The molecule has 0 radical (unpaired) electrons. The summed E-state index contributed by atoms with van der Waals surface area (Å²) in [5.41, 5.74) is 0. The maximum absolute atomic E-state index is 11.3. The van der Waals surface area contributed by atoms with Crippen molar-refractivity contribution in [2.45, 2.75) is 37.5 Å². The van der Waals surface area contributed by atoms with Gasteiger partial charge in [-0.3, -0.25) is 10.1 Å². The maximum Gasteiger partial charge on any atom is 0.321 e. The fourth-order valence-corrected chi connectivity index (χ4v) is 3.05. The number of alkyl halides is 1. The normalized spacial score (nSPS) is 24.1. The molecule has 1 rings (SSSR count). The zero-order valence-electron chi connectivity index (χ0n) is 9.29. The van der Waals surface area contributed by atoms with Crippen LogP contribution < -0.4 is 10.6 Å². The summed E-state index contributed by atoms with van der Waals surface area (Å²) in [4.78, 5) is 22.2. The molecule has 6 heteroatoms. The molecule has 3 amide bonds. The highest BCUT2D eigenvalue weighted by Crippen LogP contribution is 2.29. The van der Waals surface area contributed by atoms with E-state index in [1.165, 1.54) is 0 Å². The van der Waals surface area contributed by atoms with Crippen LogP contribution in [0.2, 0.25) is 0 Å². The van der Waals surface area contributed by atoms with Crippen molar-refractivity contribution in [1.82, 2.24) is 10.6 Å². The monoisotopic (exact) mass is 264 g/mol. The largest absolute Gasteiger partial charge is 0.335 e. The molecule has 4 nitrogen and oxygen atoms in total. The number of rotatable bonds is 4. The molecule has 16 heavy (non-hydrogen) atoms. The molecule has 2 unspecified atom stereocenters. The fourth-order valence-electron chi connectivity index (χ4n) is 1.84. The van der Waals surface area contributed by atoms with Crippen LogP contribution in [0.4, 0.5) is 4.79 Å². The Morgan fingerprint density at radius 2 is 2.19 bits per heavy atom. The molecule has 1 aliphatic rings. The highest BCUT2D eigenvalue weighted by molar-refractivity contribution is 7.99. The topological polar surface area (TPSA) is 58.2 Å². The number of carbonyl (C=O) groups is 2. The molecular weight excluding hydrogens is 248 g/mol. The van der Waals surface area contributed by atoms with E-state index in [0.717, 1.165) is 25.0 Å². The van der Waals surface area contributed by atoms with Gasteiger partial charge in [0.1, 0.15) is 5.88 Å². The van der Waals surface area contributed by atoms with Gasteiger partial charge < -0.3 is 5.32 Å². The minimum atomic E-state index is -0.461. The van der Waals surface area contributed by atoms with Crippen molar-refractivity contribution in [3.8, 4) is 0 Å². The SMILES string of the molecule is CCSC1CCC(NC(=O)NC(=O)CCl)C1. The maximum atomic E-state index is 11.3. The van der Waals surface area contributed by atoms with Gasteiger partial charge in [0.25, 0.3) is 0 Å². The Labute approximate surface area is 105 Å². The molecule has 2 atom stereocenters. The van der Waals surface area contributed by atoms with Gasteiger partial charge in [0.05, 0.1) is 0 Å². The zero-order valence-corrected chi connectivity index (χ0v) is 10.9. The van der Waals surface area contributed by atoms with Crippen molar-refractivity contribution in [3.05, 3.63) is 0 Å². The van der Waals surface area contributed by atoms with E-state index in [9.17, 15) is 9.59 Å².